The van der Waals surface area contributed by atoms with Crippen LogP contribution in [-0.2, 0) is 0 Å². The smallest absolute Gasteiger partial charge is 0.234 e. The minimum atomic E-state index is 0.219. The molecular weight excluding hydrogens is 376 g/mol. The fourth-order valence-corrected chi connectivity index (χ4v) is 3.67. The first-order chi connectivity index (χ1) is 14.4. The summed E-state index contributed by atoms with van der Waals surface area (Å²) in [7, 11) is 3.58. The monoisotopic (exact) mass is 406 g/mol. The van der Waals surface area contributed by atoms with Crippen molar-refractivity contribution in [1.82, 2.24) is 14.9 Å². The molecule has 8 heteroatoms. The Bertz CT molecular complexity index is 935. The Morgan fingerprint density at radius 2 is 2.10 bits per heavy atom. The highest BCUT2D eigenvalue weighted by Crippen LogP contribution is 2.20. The molecule has 0 bridgehead atoms. The summed E-state index contributed by atoms with van der Waals surface area (Å²) in [5, 5.41) is 21.3. The lowest BCUT2D eigenvalue weighted by atomic mass is 10.1. The maximum Gasteiger partial charge on any atom is 0.234 e. The molecule has 0 radical (unpaired) electrons. The van der Waals surface area contributed by atoms with Crippen LogP contribution in [0.4, 0.5) is 17.5 Å². The van der Waals surface area contributed by atoms with Crippen LogP contribution in [0.25, 0.3) is 0 Å². The quantitative estimate of drug-likeness (QED) is 0.582. The molecule has 8 nitrogen and oxygen atoms in total. The standard InChI is InChI=1S/C22H30N8/c1-5-30-11-7-9-18(15-30)26-20-12-16(2)25-22(27-20)29(4)21(24)28(3)19-10-6-8-17(13-19)14-23/h6,8,10,12-13,18,24H,5,7,9,11,15H2,1-4H3,(H,25,26,27). The second-order valence-electron chi connectivity index (χ2n) is 7.68. The summed E-state index contributed by atoms with van der Waals surface area (Å²) in [4.78, 5) is 15.0. The third-order valence-corrected chi connectivity index (χ3v) is 5.45. The number of hydrogen-bond acceptors (Lipinski definition) is 6. The predicted molar refractivity (Wildman–Crippen MR) is 121 cm³/mol. The van der Waals surface area contributed by atoms with Crippen LogP contribution in [-0.4, -0.2) is 60.6 Å². The van der Waals surface area contributed by atoms with Crippen LogP contribution < -0.4 is 15.1 Å². The number of piperidine rings is 1. The molecule has 1 saturated heterocycles. The minimum absolute atomic E-state index is 0.219. The topological polar surface area (TPSA) is 95.2 Å². The largest absolute Gasteiger partial charge is 0.366 e. The van der Waals surface area contributed by atoms with Gasteiger partial charge in [0.25, 0.3) is 0 Å². The predicted octanol–water partition coefficient (Wildman–Crippen LogP) is 3.06. The number of rotatable bonds is 5. The van der Waals surface area contributed by atoms with Gasteiger partial charge < -0.3 is 15.1 Å². The molecule has 1 aliphatic rings. The first-order valence-electron chi connectivity index (χ1n) is 10.3. The lowest BCUT2D eigenvalue weighted by molar-refractivity contribution is 0.226. The average molecular weight is 407 g/mol. The third kappa shape index (κ3) is 5.05. The number of hydrogen-bond donors (Lipinski definition) is 2. The molecule has 158 valence electrons. The molecule has 0 saturated carbocycles. The van der Waals surface area contributed by atoms with Gasteiger partial charge in [-0.3, -0.25) is 10.3 Å². The van der Waals surface area contributed by atoms with Crippen molar-refractivity contribution < 1.29 is 0 Å². The Morgan fingerprint density at radius 3 is 2.83 bits per heavy atom. The summed E-state index contributed by atoms with van der Waals surface area (Å²) in [6.07, 6.45) is 2.30. The molecule has 2 N–H and O–H groups in total. The summed E-state index contributed by atoms with van der Waals surface area (Å²) < 4.78 is 0. The van der Waals surface area contributed by atoms with Crippen molar-refractivity contribution in [2.75, 3.05) is 48.8 Å². The van der Waals surface area contributed by atoms with E-state index >= 15 is 0 Å². The molecule has 2 aromatic rings. The highest BCUT2D eigenvalue weighted by atomic mass is 15.4. The van der Waals surface area contributed by atoms with Crippen LogP contribution in [0.5, 0.6) is 0 Å². The number of aryl methyl sites for hydroxylation is 1. The van der Waals surface area contributed by atoms with Gasteiger partial charge in [-0.1, -0.05) is 13.0 Å². The first kappa shape index (κ1) is 21.5. The summed E-state index contributed by atoms with van der Waals surface area (Å²) in [6, 6.07) is 11.6. The van der Waals surface area contributed by atoms with E-state index in [4.69, 9.17) is 10.7 Å². The molecule has 3 rings (SSSR count). The van der Waals surface area contributed by atoms with Crippen LogP contribution in [0, 0.1) is 23.7 Å². The Labute approximate surface area is 178 Å². The number of guanidine groups is 1. The van der Waals surface area contributed by atoms with Crippen molar-refractivity contribution in [3.63, 3.8) is 0 Å². The van der Waals surface area contributed by atoms with Gasteiger partial charge in [0.15, 0.2) is 0 Å². The van der Waals surface area contributed by atoms with Crippen molar-refractivity contribution in [1.29, 1.82) is 10.7 Å². The van der Waals surface area contributed by atoms with Gasteiger partial charge in [-0.15, -0.1) is 0 Å². The SMILES string of the molecule is CCN1CCCC(Nc2cc(C)nc(N(C)C(=N)N(C)c3cccc(C#N)c3)n2)C1. The molecule has 0 amide bonds. The van der Waals surface area contributed by atoms with Gasteiger partial charge >= 0.3 is 0 Å². The maximum absolute atomic E-state index is 9.13. The Morgan fingerprint density at radius 1 is 1.30 bits per heavy atom. The zero-order valence-electron chi connectivity index (χ0n) is 18.2. The van der Waals surface area contributed by atoms with E-state index in [0.717, 1.165) is 43.3 Å². The van der Waals surface area contributed by atoms with E-state index in [0.29, 0.717) is 17.6 Å². The van der Waals surface area contributed by atoms with E-state index in [-0.39, 0.29) is 5.96 Å². The molecule has 2 heterocycles. The van der Waals surface area contributed by atoms with Gasteiger partial charge in [-0.25, -0.2) is 4.98 Å². The summed E-state index contributed by atoms with van der Waals surface area (Å²) in [5.41, 5.74) is 2.17. The van der Waals surface area contributed by atoms with Crippen molar-refractivity contribution >= 4 is 23.4 Å². The van der Waals surface area contributed by atoms with Gasteiger partial charge in [0.2, 0.25) is 11.9 Å². The summed E-state index contributed by atoms with van der Waals surface area (Å²) >= 11 is 0. The van der Waals surface area contributed by atoms with E-state index in [9.17, 15) is 0 Å². The molecule has 1 unspecified atom stereocenters. The van der Waals surface area contributed by atoms with E-state index in [1.54, 1.807) is 36.0 Å². The third-order valence-electron chi connectivity index (χ3n) is 5.45. The highest BCUT2D eigenvalue weighted by Gasteiger charge is 2.21. The lowest BCUT2D eigenvalue weighted by Crippen LogP contribution is -2.42. The molecule has 0 aliphatic carbocycles. The van der Waals surface area contributed by atoms with Crippen molar-refractivity contribution in [3.8, 4) is 6.07 Å². The number of nitrogens with zero attached hydrogens (tertiary/aromatic N) is 6. The van der Waals surface area contributed by atoms with Gasteiger partial charge in [-0.2, -0.15) is 10.2 Å². The van der Waals surface area contributed by atoms with Gasteiger partial charge in [0.1, 0.15) is 5.82 Å². The van der Waals surface area contributed by atoms with Crippen LogP contribution in [0.2, 0.25) is 0 Å². The number of aromatic nitrogens is 2. The molecule has 1 aromatic carbocycles. The van der Waals surface area contributed by atoms with Crippen LogP contribution in [0.15, 0.2) is 30.3 Å². The Kier molecular flexibility index (Phi) is 6.85. The van der Waals surface area contributed by atoms with Crippen molar-refractivity contribution in [3.05, 3.63) is 41.6 Å². The first-order valence-corrected chi connectivity index (χ1v) is 10.3. The Balaban J connectivity index is 1.76. The molecule has 1 aromatic heterocycles. The van der Waals surface area contributed by atoms with Gasteiger partial charge in [-0.05, 0) is 51.1 Å². The van der Waals surface area contributed by atoms with Crippen LogP contribution >= 0.6 is 0 Å². The lowest BCUT2D eigenvalue weighted by Gasteiger charge is -2.32. The minimum Gasteiger partial charge on any atom is -0.366 e. The fourth-order valence-electron chi connectivity index (χ4n) is 3.67. The number of nitrogens with one attached hydrogen (secondary N) is 2. The second-order valence-corrected chi connectivity index (χ2v) is 7.68. The molecule has 1 atom stereocenters. The van der Waals surface area contributed by atoms with Crippen LogP contribution in [0.3, 0.4) is 0 Å². The van der Waals surface area contributed by atoms with Gasteiger partial charge in [0.05, 0.1) is 11.6 Å². The van der Waals surface area contributed by atoms with E-state index in [1.165, 1.54) is 6.42 Å². The second kappa shape index (κ2) is 9.55. The van der Waals surface area contributed by atoms with Crippen molar-refractivity contribution in [2.24, 2.45) is 0 Å². The number of likely N-dealkylation sites (N-methyl/N-ethyl adjacent to an activating group) is 1. The zero-order chi connectivity index (χ0) is 21.7. The normalized spacial score (nSPS) is 16.6. The van der Waals surface area contributed by atoms with E-state index in [2.05, 4.69) is 33.2 Å². The molecule has 1 aliphatic heterocycles. The van der Waals surface area contributed by atoms with Crippen LogP contribution in [0.1, 0.15) is 31.0 Å². The summed E-state index contributed by atoms with van der Waals surface area (Å²) in [6.45, 7) is 7.36. The number of likely N-dealkylation sites (tertiary alicyclic amines) is 1. The number of nitriles is 1. The summed E-state index contributed by atoms with van der Waals surface area (Å²) in [5.74, 6) is 1.47. The number of benzene rings is 1. The zero-order valence-corrected chi connectivity index (χ0v) is 18.2. The fraction of sp³-hybridized carbons (Fsp3) is 0.455. The maximum atomic E-state index is 9.13. The average Bonchev–Trinajstić information content (AvgIpc) is 2.77. The van der Waals surface area contributed by atoms with E-state index in [1.807, 2.05) is 25.1 Å². The van der Waals surface area contributed by atoms with Crippen molar-refractivity contribution in [2.45, 2.75) is 32.7 Å². The molecule has 1 fully saturated rings. The molecular formula is C22H30N8. The Hall–Kier alpha value is -3.18. The highest BCUT2D eigenvalue weighted by molar-refractivity contribution is 6.03. The van der Waals surface area contributed by atoms with E-state index < -0.39 is 0 Å². The molecule has 30 heavy (non-hydrogen) atoms. The molecule has 0 spiro atoms. The number of anilines is 3. The van der Waals surface area contributed by atoms with Gasteiger partial charge in [0, 0.05) is 44.1 Å².